The highest BCUT2D eigenvalue weighted by molar-refractivity contribution is 7.09. The van der Waals surface area contributed by atoms with Crippen molar-refractivity contribution in [2.24, 2.45) is 0 Å². The van der Waals surface area contributed by atoms with Crippen LogP contribution in [0.4, 0.5) is 0 Å². The highest BCUT2D eigenvalue weighted by Crippen LogP contribution is 2.27. The fourth-order valence-electron chi connectivity index (χ4n) is 2.34. The number of aromatic nitrogens is 1. The van der Waals surface area contributed by atoms with Crippen LogP contribution in [-0.2, 0) is 0 Å². The van der Waals surface area contributed by atoms with Crippen molar-refractivity contribution in [2.75, 3.05) is 0 Å². The van der Waals surface area contributed by atoms with Crippen molar-refractivity contribution in [3.63, 3.8) is 0 Å². The predicted octanol–water partition coefficient (Wildman–Crippen LogP) is 4.48. The Bertz CT molecular complexity index is 676. The van der Waals surface area contributed by atoms with Gasteiger partial charge in [0.15, 0.2) is 0 Å². The first-order chi connectivity index (χ1) is 10.2. The van der Waals surface area contributed by atoms with Crippen LogP contribution in [0.5, 0.6) is 0 Å². The summed E-state index contributed by atoms with van der Waals surface area (Å²) in [6.45, 7) is 4.16. The minimum atomic E-state index is 0.0282. The Hall–Kier alpha value is -1.91. The van der Waals surface area contributed by atoms with E-state index in [1.807, 2.05) is 37.3 Å². The third kappa shape index (κ3) is 3.23. The zero-order valence-electron chi connectivity index (χ0n) is 12.1. The van der Waals surface area contributed by atoms with Crippen molar-refractivity contribution in [3.8, 4) is 0 Å². The van der Waals surface area contributed by atoms with E-state index in [9.17, 15) is 0 Å². The summed E-state index contributed by atoms with van der Waals surface area (Å²) in [4.78, 5) is 4.56. The molecule has 0 aliphatic rings. The van der Waals surface area contributed by atoms with Gasteiger partial charge in [-0.2, -0.15) is 0 Å². The zero-order chi connectivity index (χ0) is 14.7. The van der Waals surface area contributed by atoms with Crippen LogP contribution in [0.2, 0.25) is 0 Å². The van der Waals surface area contributed by atoms with Gasteiger partial charge in [-0.15, -0.1) is 11.3 Å². The molecule has 0 aliphatic carbocycles. The molecule has 1 N–H and O–H groups in total. The average molecular weight is 298 g/mol. The Morgan fingerprint density at radius 2 is 1.95 bits per heavy atom. The molecule has 3 nitrogen and oxygen atoms in total. The molecule has 2 unspecified atom stereocenters. The van der Waals surface area contributed by atoms with E-state index in [1.54, 1.807) is 17.6 Å². The predicted molar refractivity (Wildman–Crippen MR) is 85.4 cm³/mol. The van der Waals surface area contributed by atoms with Gasteiger partial charge in [-0.05, 0) is 31.5 Å². The van der Waals surface area contributed by atoms with Gasteiger partial charge >= 0.3 is 0 Å². The Morgan fingerprint density at radius 3 is 2.57 bits per heavy atom. The lowest BCUT2D eigenvalue weighted by atomic mass is 10.0. The van der Waals surface area contributed by atoms with E-state index < -0.39 is 0 Å². The number of nitrogens with zero attached hydrogens (tertiary/aromatic N) is 1. The van der Waals surface area contributed by atoms with Crippen LogP contribution < -0.4 is 5.32 Å². The van der Waals surface area contributed by atoms with E-state index >= 15 is 0 Å². The first-order valence-corrected chi connectivity index (χ1v) is 7.88. The van der Waals surface area contributed by atoms with E-state index in [1.165, 1.54) is 5.56 Å². The average Bonchev–Trinajstić information content (AvgIpc) is 3.17. The van der Waals surface area contributed by atoms with Crippen molar-refractivity contribution < 1.29 is 4.42 Å². The van der Waals surface area contributed by atoms with E-state index in [0.717, 1.165) is 16.5 Å². The maximum Gasteiger partial charge on any atom is 0.125 e. The monoisotopic (exact) mass is 298 g/mol. The number of hydrogen-bond acceptors (Lipinski definition) is 4. The van der Waals surface area contributed by atoms with Crippen LogP contribution in [-0.4, -0.2) is 4.98 Å². The van der Waals surface area contributed by atoms with Gasteiger partial charge in [0.1, 0.15) is 10.8 Å². The third-order valence-electron chi connectivity index (χ3n) is 3.38. The lowest BCUT2D eigenvalue weighted by molar-refractivity contribution is 0.418. The standard InChI is InChI=1S/C17H18N2OS/c1-12-11-21-17(18-12)13(2)19-16(15-9-6-10-20-15)14-7-4-3-5-8-14/h3-11,13,16,19H,1-2H3. The van der Waals surface area contributed by atoms with Crippen molar-refractivity contribution in [1.29, 1.82) is 0 Å². The molecule has 2 atom stereocenters. The van der Waals surface area contributed by atoms with Gasteiger partial charge in [0.2, 0.25) is 0 Å². The van der Waals surface area contributed by atoms with E-state index in [-0.39, 0.29) is 12.1 Å². The number of hydrogen-bond donors (Lipinski definition) is 1. The van der Waals surface area contributed by atoms with Gasteiger partial charge in [0, 0.05) is 11.1 Å². The highest BCUT2D eigenvalue weighted by Gasteiger charge is 2.20. The summed E-state index contributed by atoms with van der Waals surface area (Å²) in [5.74, 6) is 0.918. The van der Waals surface area contributed by atoms with Crippen molar-refractivity contribution in [3.05, 3.63) is 76.1 Å². The quantitative estimate of drug-likeness (QED) is 0.754. The van der Waals surface area contributed by atoms with Crippen LogP contribution in [0.3, 0.4) is 0 Å². The molecule has 0 amide bonds. The Balaban J connectivity index is 1.86. The molecule has 108 valence electrons. The van der Waals surface area contributed by atoms with Gasteiger partial charge in [0.25, 0.3) is 0 Å². The minimum Gasteiger partial charge on any atom is -0.467 e. The van der Waals surface area contributed by atoms with Gasteiger partial charge in [-0.25, -0.2) is 4.98 Å². The molecule has 0 radical (unpaired) electrons. The summed E-state index contributed by atoms with van der Waals surface area (Å²) >= 11 is 1.69. The molecule has 0 saturated heterocycles. The topological polar surface area (TPSA) is 38.1 Å². The molecule has 21 heavy (non-hydrogen) atoms. The van der Waals surface area contributed by atoms with E-state index in [0.29, 0.717) is 0 Å². The Morgan fingerprint density at radius 1 is 1.14 bits per heavy atom. The summed E-state index contributed by atoms with van der Waals surface area (Å²) in [6.07, 6.45) is 1.71. The molecule has 0 aliphatic heterocycles. The summed E-state index contributed by atoms with van der Waals surface area (Å²) in [7, 11) is 0. The van der Waals surface area contributed by atoms with Gasteiger partial charge in [-0.3, -0.25) is 5.32 Å². The van der Waals surface area contributed by atoms with Gasteiger partial charge in [0.05, 0.1) is 18.3 Å². The number of nitrogens with one attached hydrogen (secondary N) is 1. The molecular weight excluding hydrogens is 280 g/mol. The fourth-order valence-corrected chi connectivity index (χ4v) is 3.15. The molecule has 3 aromatic rings. The lowest BCUT2D eigenvalue weighted by Crippen LogP contribution is -2.25. The maximum atomic E-state index is 5.61. The third-order valence-corrected chi connectivity index (χ3v) is 4.53. The first-order valence-electron chi connectivity index (χ1n) is 7.00. The second-order valence-electron chi connectivity index (χ2n) is 5.07. The molecule has 0 spiro atoms. The van der Waals surface area contributed by atoms with Crippen LogP contribution in [0.1, 0.15) is 41.0 Å². The fraction of sp³-hybridized carbons (Fsp3) is 0.235. The maximum absolute atomic E-state index is 5.61. The minimum absolute atomic E-state index is 0.0282. The zero-order valence-corrected chi connectivity index (χ0v) is 12.9. The highest BCUT2D eigenvalue weighted by atomic mass is 32.1. The smallest absolute Gasteiger partial charge is 0.125 e. The number of aryl methyl sites for hydroxylation is 1. The van der Waals surface area contributed by atoms with Crippen molar-refractivity contribution in [2.45, 2.75) is 25.9 Å². The molecule has 0 bridgehead atoms. The number of thiazole rings is 1. The summed E-state index contributed by atoms with van der Waals surface area (Å²) in [6, 6.07) is 14.5. The molecule has 2 heterocycles. The van der Waals surface area contributed by atoms with Crippen LogP contribution >= 0.6 is 11.3 Å². The Labute approximate surface area is 128 Å². The molecule has 4 heteroatoms. The van der Waals surface area contributed by atoms with Gasteiger partial charge in [-0.1, -0.05) is 30.3 Å². The number of rotatable bonds is 5. The lowest BCUT2D eigenvalue weighted by Gasteiger charge is -2.21. The molecular formula is C17H18N2OS. The first kappa shape index (κ1) is 14.0. The second kappa shape index (κ2) is 6.24. The molecule has 0 fully saturated rings. The van der Waals surface area contributed by atoms with Gasteiger partial charge < -0.3 is 4.42 Å². The molecule has 2 aromatic heterocycles. The Kier molecular flexibility index (Phi) is 4.18. The van der Waals surface area contributed by atoms with E-state index in [4.69, 9.17) is 4.42 Å². The summed E-state index contributed by atoms with van der Waals surface area (Å²) in [5, 5.41) is 6.80. The number of furan rings is 1. The number of benzene rings is 1. The molecule has 0 saturated carbocycles. The molecule has 1 aromatic carbocycles. The normalized spacial score (nSPS) is 14.0. The SMILES string of the molecule is Cc1csc(C(C)NC(c2ccccc2)c2ccco2)n1. The molecule has 3 rings (SSSR count). The largest absolute Gasteiger partial charge is 0.467 e. The van der Waals surface area contributed by atoms with Crippen LogP contribution in [0, 0.1) is 6.92 Å². The second-order valence-corrected chi connectivity index (χ2v) is 5.96. The van der Waals surface area contributed by atoms with Crippen LogP contribution in [0.15, 0.2) is 58.5 Å². The van der Waals surface area contributed by atoms with Crippen molar-refractivity contribution in [1.82, 2.24) is 10.3 Å². The van der Waals surface area contributed by atoms with Crippen molar-refractivity contribution >= 4 is 11.3 Å². The van der Waals surface area contributed by atoms with E-state index in [2.05, 4.69) is 34.7 Å². The summed E-state index contributed by atoms with van der Waals surface area (Å²) in [5.41, 5.74) is 2.26. The summed E-state index contributed by atoms with van der Waals surface area (Å²) < 4.78 is 5.61. The van der Waals surface area contributed by atoms with Crippen LogP contribution in [0.25, 0.3) is 0 Å².